The van der Waals surface area contributed by atoms with Crippen LogP contribution in [0.3, 0.4) is 0 Å². The fraction of sp³-hybridized carbons (Fsp3) is 0.308. The van der Waals surface area contributed by atoms with Crippen LogP contribution in [0.25, 0.3) is 11.3 Å². The lowest BCUT2D eigenvalue weighted by Gasteiger charge is -2.01. The monoisotopic (exact) mass is 293 g/mol. The highest BCUT2D eigenvalue weighted by Gasteiger charge is 2.10. The van der Waals surface area contributed by atoms with Gasteiger partial charge in [-0.05, 0) is 19.5 Å². The van der Waals surface area contributed by atoms with Crippen LogP contribution in [-0.2, 0) is 6.54 Å². The highest BCUT2D eigenvalue weighted by Crippen LogP contribution is 2.28. The summed E-state index contributed by atoms with van der Waals surface area (Å²) in [6.07, 6.45) is 0. The van der Waals surface area contributed by atoms with E-state index < -0.39 is 0 Å². The molecule has 2 aromatic rings. The number of nitrogens with zero attached hydrogens (tertiary/aromatic N) is 1. The molecule has 0 aliphatic heterocycles. The van der Waals surface area contributed by atoms with Gasteiger partial charge in [-0.15, -0.1) is 0 Å². The maximum absolute atomic E-state index is 4.63. The predicted octanol–water partition coefficient (Wildman–Crippen LogP) is 3.26. The number of halogens is 1. The van der Waals surface area contributed by atoms with Crippen molar-refractivity contribution in [1.29, 1.82) is 0 Å². The molecular formula is C13H16BrN3. The Kier molecular flexibility index (Phi) is 3.97. The molecule has 17 heavy (non-hydrogen) atoms. The van der Waals surface area contributed by atoms with Crippen molar-refractivity contribution in [2.45, 2.75) is 20.4 Å². The zero-order chi connectivity index (χ0) is 12.3. The van der Waals surface area contributed by atoms with Crippen LogP contribution in [0.15, 0.2) is 28.7 Å². The first kappa shape index (κ1) is 12.3. The third-order valence-corrected chi connectivity index (χ3v) is 3.30. The summed E-state index contributed by atoms with van der Waals surface area (Å²) in [6.45, 7) is 5.87. The second-order valence-corrected chi connectivity index (χ2v) is 4.77. The molecule has 2 rings (SSSR count). The van der Waals surface area contributed by atoms with Crippen LogP contribution in [0.2, 0.25) is 0 Å². The molecule has 1 aromatic heterocycles. The third-order valence-electron chi connectivity index (χ3n) is 2.61. The maximum atomic E-state index is 4.63. The van der Waals surface area contributed by atoms with Gasteiger partial charge in [0, 0.05) is 15.7 Å². The molecule has 4 heteroatoms. The van der Waals surface area contributed by atoms with Crippen molar-refractivity contribution >= 4 is 15.9 Å². The molecule has 2 N–H and O–H groups in total. The molecule has 0 unspecified atom stereocenters. The van der Waals surface area contributed by atoms with Crippen LogP contribution in [0.5, 0.6) is 0 Å². The van der Waals surface area contributed by atoms with E-state index in [0.29, 0.717) is 0 Å². The summed E-state index contributed by atoms with van der Waals surface area (Å²) in [5.74, 6) is 0.982. The average molecular weight is 294 g/mol. The molecule has 0 spiro atoms. The Balaban J connectivity index is 2.33. The number of nitrogens with one attached hydrogen (secondary N) is 2. The normalized spacial score (nSPS) is 10.8. The van der Waals surface area contributed by atoms with Crippen molar-refractivity contribution in [3.63, 3.8) is 0 Å². The number of hydrogen-bond donors (Lipinski definition) is 2. The lowest BCUT2D eigenvalue weighted by Crippen LogP contribution is -2.12. The first-order valence-corrected chi connectivity index (χ1v) is 6.52. The van der Waals surface area contributed by atoms with E-state index in [0.717, 1.165) is 40.3 Å². The van der Waals surface area contributed by atoms with E-state index in [4.69, 9.17) is 0 Å². The zero-order valence-electron chi connectivity index (χ0n) is 10.0. The maximum Gasteiger partial charge on any atom is 0.121 e. The van der Waals surface area contributed by atoms with Gasteiger partial charge in [-0.2, -0.15) is 0 Å². The molecule has 0 aliphatic rings. The summed E-state index contributed by atoms with van der Waals surface area (Å²) in [6, 6.07) is 8.14. The summed E-state index contributed by atoms with van der Waals surface area (Å²) < 4.78 is 1.07. The van der Waals surface area contributed by atoms with E-state index in [2.05, 4.69) is 51.1 Å². The zero-order valence-corrected chi connectivity index (χ0v) is 11.6. The van der Waals surface area contributed by atoms with Gasteiger partial charge in [-0.25, -0.2) is 4.98 Å². The predicted molar refractivity (Wildman–Crippen MR) is 73.8 cm³/mol. The number of rotatable bonds is 4. The van der Waals surface area contributed by atoms with E-state index in [-0.39, 0.29) is 0 Å². The Labute approximate surface area is 110 Å². The SMILES string of the molecule is CCNCc1nc(-c2ccccc2Br)c(C)[nH]1. The quantitative estimate of drug-likeness (QED) is 0.908. The fourth-order valence-electron chi connectivity index (χ4n) is 1.77. The lowest BCUT2D eigenvalue weighted by molar-refractivity contribution is 0.697. The van der Waals surface area contributed by atoms with Gasteiger partial charge in [0.1, 0.15) is 5.82 Å². The Morgan fingerprint density at radius 3 is 2.82 bits per heavy atom. The van der Waals surface area contributed by atoms with Crippen LogP contribution in [0, 0.1) is 6.92 Å². The Bertz CT molecular complexity index is 505. The Morgan fingerprint density at radius 2 is 2.12 bits per heavy atom. The molecule has 0 radical (unpaired) electrons. The Hall–Kier alpha value is -1.13. The molecule has 0 aliphatic carbocycles. The molecule has 0 atom stereocenters. The van der Waals surface area contributed by atoms with Gasteiger partial charge in [-0.1, -0.05) is 41.1 Å². The van der Waals surface area contributed by atoms with Gasteiger partial charge in [0.2, 0.25) is 0 Å². The summed E-state index contributed by atoms with van der Waals surface area (Å²) in [5, 5.41) is 3.27. The molecular weight excluding hydrogens is 278 g/mol. The first-order chi connectivity index (χ1) is 8.22. The largest absolute Gasteiger partial charge is 0.344 e. The van der Waals surface area contributed by atoms with Crippen molar-refractivity contribution < 1.29 is 0 Å². The minimum absolute atomic E-state index is 0.780. The third kappa shape index (κ3) is 2.76. The summed E-state index contributed by atoms with van der Waals surface area (Å²) in [4.78, 5) is 7.94. The minimum atomic E-state index is 0.780. The minimum Gasteiger partial charge on any atom is -0.344 e. The highest BCUT2D eigenvalue weighted by molar-refractivity contribution is 9.10. The van der Waals surface area contributed by atoms with E-state index in [1.165, 1.54) is 0 Å². The van der Waals surface area contributed by atoms with Gasteiger partial charge in [0.05, 0.1) is 12.2 Å². The van der Waals surface area contributed by atoms with Gasteiger partial charge >= 0.3 is 0 Å². The number of aromatic nitrogens is 2. The van der Waals surface area contributed by atoms with Crippen molar-refractivity contribution in [3.05, 3.63) is 40.3 Å². The van der Waals surface area contributed by atoms with Crippen LogP contribution in [0.1, 0.15) is 18.4 Å². The number of hydrogen-bond acceptors (Lipinski definition) is 2. The smallest absolute Gasteiger partial charge is 0.121 e. The van der Waals surface area contributed by atoms with Crippen LogP contribution in [-0.4, -0.2) is 16.5 Å². The fourth-order valence-corrected chi connectivity index (χ4v) is 2.24. The number of H-pyrrole nitrogens is 1. The number of imidazole rings is 1. The standard InChI is InChI=1S/C13H16BrN3/c1-3-15-8-12-16-9(2)13(17-12)10-6-4-5-7-11(10)14/h4-7,15H,3,8H2,1-2H3,(H,16,17). The second-order valence-electron chi connectivity index (χ2n) is 3.92. The molecule has 0 amide bonds. The summed E-state index contributed by atoms with van der Waals surface area (Å²) in [7, 11) is 0. The van der Waals surface area contributed by atoms with Crippen LogP contribution < -0.4 is 5.32 Å². The van der Waals surface area contributed by atoms with Crippen molar-refractivity contribution in [1.82, 2.24) is 15.3 Å². The summed E-state index contributed by atoms with van der Waals surface area (Å²) >= 11 is 3.56. The van der Waals surface area contributed by atoms with Gasteiger partial charge in [-0.3, -0.25) is 0 Å². The lowest BCUT2D eigenvalue weighted by atomic mass is 10.1. The molecule has 1 aromatic carbocycles. The molecule has 3 nitrogen and oxygen atoms in total. The number of aromatic amines is 1. The molecule has 0 bridgehead atoms. The first-order valence-electron chi connectivity index (χ1n) is 5.73. The second kappa shape index (κ2) is 5.47. The van der Waals surface area contributed by atoms with E-state index in [9.17, 15) is 0 Å². The van der Waals surface area contributed by atoms with E-state index in [1.807, 2.05) is 18.2 Å². The molecule has 1 heterocycles. The van der Waals surface area contributed by atoms with Gasteiger partial charge in [0.15, 0.2) is 0 Å². The molecule has 0 saturated heterocycles. The van der Waals surface area contributed by atoms with E-state index in [1.54, 1.807) is 0 Å². The van der Waals surface area contributed by atoms with Crippen molar-refractivity contribution in [3.8, 4) is 11.3 Å². The van der Waals surface area contributed by atoms with Crippen LogP contribution in [0.4, 0.5) is 0 Å². The molecule has 0 fully saturated rings. The Morgan fingerprint density at radius 1 is 1.35 bits per heavy atom. The topological polar surface area (TPSA) is 40.7 Å². The molecule has 90 valence electrons. The van der Waals surface area contributed by atoms with Crippen molar-refractivity contribution in [2.24, 2.45) is 0 Å². The number of benzene rings is 1. The average Bonchev–Trinajstić information content (AvgIpc) is 2.68. The van der Waals surface area contributed by atoms with Gasteiger partial charge < -0.3 is 10.3 Å². The van der Waals surface area contributed by atoms with Crippen molar-refractivity contribution in [2.75, 3.05) is 6.54 Å². The van der Waals surface area contributed by atoms with Crippen LogP contribution >= 0.6 is 15.9 Å². The summed E-state index contributed by atoms with van der Waals surface area (Å²) in [5.41, 5.74) is 3.25. The number of aryl methyl sites for hydroxylation is 1. The molecule has 0 saturated carbocycles. The highest BCUT2D eigenvalue weighted by atomic mass is 79.9. The van der Waals surface area contributed by atoms with Gasteiger partial charge in [0.25, 0.3) is 0 Å². The van der Waals surface area contributed by atoms with E-state index >= 15 is 0 Å².